The molecule has 0 spiro atoms. The molecule has 1 heterocycles. The number of amidine groups is 1. The third-order valence-electron chi connectivity index (χ3n) is 2.62. The van der Waals surface area contributed by atoms with Crippen LogP contribution in [0.4, 0.5) is 6.01 Å². The normalized spacial score (nSPS) is 10.5. The zero-order chi connectivity index (χ0) is 13.7. The minimum Gasteiger partial charge on any atom is -0.429 e. The van der Waals surface area contributed by atoms with Gasteiger partial charge in [-0.05, 0) is 17.5 Å². The molecule has 5 N–H and O–H groups in total. The highest BCUT2D eigenvalue weighted by atomic mass is 32.2. The van der Waals surface area contributed by atoms with E-state index in [0.29, 0.717) is 6.42 Å². The highest BCUT2D eigenvalue weighted by molar-refractivity contribution is 8.13. The molecule has 0 amide bonds. The summed E-state index contributed by atoms with van der Waals surface area (Å²) in [6.45, 7) is 0. The van der Waals surface area contributed by atoms with Crippen molar-refractivity contribution in [2.45, 2.75) is 12.8 Å². The number of nitrogens with one attached hydrogen (secondary N) is 1. The lowest BCUT2D eigenvalue weighted by atomic mass is 10.1. The van der Waals surface area contributed by atoms with Gasteiger partial charge in [-0.2, -0.15) is 0 Å². The molecule has 0 radical (unpaired) electrons. The number of hydrogen-bond donors (Lipinski definition) is 3. The Morgan fingerprint density at radius 1 is 1.26 bits per heavy atom. The van der Waals surface area contributed by atoms with Gasteiger partial charge >= 0.3 is 0 Å². The maximum Gasteiger partial charge on any atom is 0.292 e. The number of aryl methyl sites for hydroxylation is 1. The Balaban J connectivity index is 1.89. The first-order valence-corrected chi connectivity index (χ1v) is 6.87. The SMILES string of the molecule is N=C(N)SCCc1ccc(Cc2cnc(N)o2)cc1. The Hall–Kier alpha value is -1.95. The lowest BCUT2D eigenvalue weighted by molar-refractivity contribution is 0.534. The fourth-order valence-corrected chi connectivity index (χ4v) is 2.27. The summed E-state index contributed by atoms with van der Waals surface area (Å²) in [4.78, 5) is 3.86. The van der Waals surface area contributed by atoms with Gasteiger partial charge in [-0.25, -0.2) is 4.98 Å². The molecule has 0 atom stereocenters. The van der Waals surface area contributed by atoms with Crippen LogP contribution in [0.5, 0.6) is 0 Å². The van der Waals surface area contributed by atoms with Crippen LogP contribution in [0.15, 0.2) is 34.9 Å². The van der Waals surface area contributed by atoms with Crippen LogP contribution < -0.4 is 11.5 Å². The second kappa shape index (κ2) is 6.29. The van der Waals surface area contributed by atoms with Crippen LogP contribution in [0.2, 0.25) is 0 Å². The van der Waals surface area contributed by atoms with Gasteiger partial charge in [-0.3, -0.25) is 5.41 Å². The van der Waals surface area contributed by atoms with Crippen molar-refractivity contribution in [3.63, 3.8) is 0 Å². The van der Waals surface area contributed by atoms with Crippen molar-refractivity contribution in [3.8, 4) is 0 Å². The summed E-state index contributed by atoms with van der Waals surface area (Å²) < 4.78 is 5.23. The van der Waals surface area contributed by atoms with Crippen molar-refractivity contribution in [1.29, 1.82) is 5.41 Å². The number of anilines is 1. The van der Waals surface area contributed by atoms with E-state index in [2.05, 4.69) is 29.2 Å². The summed E-state index contributed by atoms with van der Waals surface area (Å²) in [6, 6.07) is 8.48. The van der Waals surface area contributed by atoms with E-state index in [1.807, 2.05) is 0 Å². The van der Waals surface area contributed by atoms with Crippen molar-refractivity contribution in [2.75, 3.05) is 11.5 Å². The monoisotopic (exact) mass is 276 g/mol. The van der Waals surface area contributed by atoms with Crippen molar-refractivity contribution in [2.24, 2.45) is 5.73 Å². The Morgan fingerprint density at radius 3 is 2.53 bits per heavy atom. The quantitative estimate of drug-likeness (QED) is 0.572. The molecule has 0 aliphatic rings. The predicted octanol–water partition coefficient (Wildman–Crippen LogP) is 2.02. The predicted molar refractivity (Wildman–Crippen MR) is 78.2 cm³/mol. The van der Waals surface area contributed by atoms with Crippen LogP contribution in [0.1, 0.15) is 16.9 Å². The van der Waals surface area contributed by atoms with Crippen LogP contribution >= 0.6 is 11.8 Å². The van der Waals surface area contributed by atoms with Crippen molar-refractivity contribution in [1.82, 2.24) is 4.98 Å². The lowest BCUT2D eigenvalue weighted by Gasteiger charge is -2.03. The molecule has 6 heteroatoms. The number of nitrogen functional groups attached to an aromatic ring is 1. The smallest absolute Gasteiger partial charge is 0.292 e. The summed E-state index contributed by atoms with van der Waals surface area (Å²) in [5, 5.41) is 7.30. The number of nitrogens with zero attached hydrogens (tertiary/aromatic N) is 1. The van der Waals surface area contributed by atoms with Gasteiger partial charge in [0.2, 0.25) is 0 Å². The van der Waals surface area contributed by atoms with Gasteiger partial charge in [0, 0.05) is 12.2 Å². The average Bonchev–Trinajstić information content (AvgIpc) is 2.77. The summed E-state index contributed by atoms with van der Waals surface area (Å²) in [7, 11) is 0. The molecule has 1 aromatic heterocycles. The molecular formula is C13H16N4OS. The number of oxazole rings is 1. The number of benzene rings is 1. The Morgan fingerprint density at radius 2 is 1.95 bits per heavy atom. The third-order valence-corrected chi connectivity index (χ3v) is 3.34. The molecule has 5 nitrogen and oxygen atoms in total. The first kappa shape index (κ1) is 13.5. The summed E-state index contributed by atoms with van der Waals surface area (Å²) in [5.41, 5.74) is 13.1. The standard InChI is InChI=1S/C13H16N4OS/c14-12(15)19-6-5-9-1-3-10(4-2-9)7-11-8-17-13(16)18-11/h1-4,8H,5-7H2,(H3,14,15)(H2,16,17). The second-order valence-corrected chi connectivity index (χ2v) is 5.26. The Kier molecular flexibility index (Phi) is 4.46. The zero-order valence-corrected chi connectivity index (χ0v) is 11.2. The van der Waals surface area contributed by atoms with E-state index in [1.165, 1.54) is 17.3 Å². The maximum absolute atomic E-state index is 7.14. The Bertz CT molecular complexity index is 550. The highest BCUT2D eigenvalue weighted by Gasteiger charge is 2.02. The largest absolute Gasteiger partial charge is 0.429 e. The molecule has 2 rings (SSSR count). The molecule has 0 aliphatic carbocycles. The van der Waals surface area contributed by atoms with Gasteiger partial charge in [-0.15, -0.1) is 0 Å². The maximum atomic E-state index is 7.14. The number of thioether (sulfide) groups is 1. The minimum atomic E-state index is 0.166. The molecular weight excluding hydrogens is 260 g/mol. The van der Waals surface area contributed by atoms with Crippen LogP contribution in [0.25, 0.3) is 0 Å². The van der Waals surface area contributed by atoms with Gasteiger partial charge in [0.15, 0.2) is 5.17 Å². The van der Waals surface area contributed by atoms with Gasteiger partial charge in [0.05, 0.1) is 6.20 Å². The van der Waals surface area contributed by atoms with E-state index in [1.54, 1.807) is 6.20 Å². The number of nitrogens with two attached hydrogens (primary N) is 2. The van der Waals surface area contributed by atoms with Crippen LogP contribution in [-0.2, 0) is 12.8 Å². The van der Waals surface area contributed by atoms with Crippen molar-refractivity contribution in [3.05, 3.63) is 47.3 Å². The van der Waals surface area contributed by atoms with Crippen molar-refractivity contribution >= 4 is 22.9 Å². The number of hydrogen-bond acceptors (Lipinski definition) is 5. The molecule has 2 aromatic rings. The molecule has 100 valence electrons. The summed E-state index contributed by atoms with van der Waals surface area (Å²) in [5.74, 6) is 1.59. The molecule has 0 unspecified atom stereocenters. The minimum absolute atomic E-state index is 0.166. The summed E-state index contributed by atoms with van der Waals surface area (Å²) in [6.07, 6.45) is 3.24. The Labute approximate surface area is 115 Å². The highest BCUT2D eigenvalue weighted by Crippen LogP contribution is 2.14. The summed E-state index contributed by atoms with van der Waals surface area (Å²) >= 11 is 1.36. The molecule has 0 saturated carbocycles. The van der Waals surface area contributed by atoms with Gasteiger partial charge in [-0.1, -0.05) is 36.0 Å². The molecule has 19 heavy (non-hydrogen) atoms. The number of aromatic nitrogens is 1. The molecule has 0 aliphatic heterocycles. The lowest BCUT2D eigenvalue weighted by Crippen LogP contribution is -2.05. The topological polar surface area (TPSA) is 102 Å². The van der Waals surface area contributed by atoms with Gasteiger partial charge < -0.3 is 15.9 Å². The number of rotatable bonds is 5. The van der Waals surface area contributed by atoms with Gasteiger partial charge in [0.25, 0.3) is 6.01 Å². The van der Waals surface area contributed by atoms with E-state index >= 15 is 0 Å². The van der Waals surface area contributed by atoms with E-state index in [-0.39, 0.29) is 11.2 Å². The van der Waals surface area contributed by atoms with Crippen LogP contribution in [0.3, 0.4) is 0 Å². The second-order valence-electron chi connectivity index (χ2n) is 4.12. The molecule has 0 saturated heterocycles. The first-order chi connectivity index (χ1) is 9.13. The van der Waals surface area contributed by atoms with E-state index in [9.17, 15) is 0 Å². The molecule has 0 fully saturated rings. The van der Waals surface area contributed by atoms with E-state index in [0.717, 1.165) is 23.5 Å². The third kappa shape index (κ3) is 4.33. The van der Waals surface area contributed by atoms with Crippen molar-refractivity contribution < 1.29 is 4.42 Å². The zero-order valence-electron chi connectivity index (χ0n) is 10.4. The van der Waals surface area contributed by atoms with E-state index < -0.39 is 0 Å². The van der Waals surface area contributed by atoms with Crippen LogP contribution in [0, 0.1) is 5.41 Å². The van der Waals surface area contributed by atoms with Gasteiger partial charge in [0.1, 0.15) is 5.76 Å². The van der Waals surface area contributed by atoms with Crippen LogP contribution in [-0.4, -0.2) is 15.9 Å². The average molecular weight is 276 g/mol. The molecule has 1 aromatic carbocycles. The van der Waals surface area contributed by atoms with E-state index in [4.69, 9.17) is 21.3 Å². The fourth-order valence-electron chi connectivity index (χ4n) is 1.71. The first-order valence-electron chi connectivity index (χ1n) is 5.88. The molecule has 0 bridgehead atoms. The fraction of sp³-hybridized carbons (Fsp3) is 0.231.